The van der Waals surface area contributed by atoms with Crippen LogP contribution in [0.15, 0.2) is 0 Å². The Labute approximate surface area is 109 Å². The van der Waals surface area contributed by atoms with Crippen LogP contribution in [0.2, 0.25) is 0 Å². The van der Waals surface area contributed by atoms with Gasteiger partial charge in [0.05, 0.1) is 5.92 Å². The van der Waals surface area contributed by atoms with Crippen molar-refractivity contribution in [2.75, 3.05) is 0 Å². The van der Waals surface area contributed by atoms with Crippen LogP contribution in [0.1, 0.15) is 43.3 Å². The Morgan fingerprint density at radius 2 is 1.95 bits per heavy atom. The standard InChI is InChI=1S/C12H17F3N4/c13-12(14,15)8-2-4-10-17-18-11(19(10)6-8)7-1-3-9(16)5-7/h7-9H,1-6,16H2. The molecular formula is C12H17F3N4. The molecule has 0 bridgehead atoms. The highest BCUT2D eigenvalue weighted by Crippen LogP contribution is 2.38. The quantitative estimate of drug-likeness (QED) is 0.852. The summed E-state index contributed by atoms with van der Waals surface area (Å²) in [6.45, 7) is -0.0348. The summed E-state index contributed by atoms with van der Waals surface area (Å²) in [5.41, 5.74) is 5.87. The fourth-order valence-corrected chi connectivity index (χ4v) is 3.17. The molecule has 4 nitrogen and oxygen atoms in total. The SMILES string of the molecule is NC1CCC(c2nnc3n2CC(C(F)(F)F)CC3)C1. The zero-order valence-electron chi connectivity index (χ0n) is 10.5. The molecular weight excluding hydrogens is 257 g/mol. The van der Waals surface area contributed by atoms with E-state index in [-0.39, 0.29) is 24.9 Å². The molecule has 1 saturated carbocycles. The van der Waals surface area contributed by atoms with Crippen LogP contribution >= 0.6 is 0 Å². The molecule has 0 amide bonds. The number of aryl methyl sites for hydroxylation is 1. The van der Waals surface area contributed by atoms with Gasteiger partial charge in [0.25, 0.3) is 0 Å². The maximum atomic E-state index is 12.8. The second-order valence-electron chi connectivity index (χ2n) is 5.63. The Morgan fingerprint density at radius 1 is 1.16 bits per heavy atom. The molecule has 1 aliphatic carbocycles. The highest BCUT2D eigenvalue weighted by molar-refractivity contribution is 5.08. The molecule has 0 saturated heterocycles. The van der Waals surface area contributed by atoms with Crippen molar-refractivity contribution in [3.63, 3.8) is 0 Å². The van der Waals surface area contributed by atoms with E-state index in [9.17, 15) is 13.2 Å². The second kappa shape index (κ2) is 4.47. The summed E-state index contributed by atoms with van der Waals surface area (Å²) in [7, 11) is 0. The largest absolute Gasteiger partial charge is 0.393 e. The van der Waals surface area contributed by atoms with Gasteiger partial charge in [-0.15, -0.1) is 10.2 Å². The molecule has 0 radical (unpaired) electrons. The Bertz CT molecular complexity index is 468. The van der Waals surface area contributed by atoms with E-state index in [4.69, 9.17) is 5.73 Å². The molecule has 3 unspecified atom stereocenters. The summed E-state index contributed by atoms with van der Waals surface area (Å²) in [5.74, 6) is 0.293. The van der Waals surface area contributed by atoms with Crippen LogP contribution in [0.5, 0.6) is 0 Å². The molecule has 0 spiro atoms. The maximum absolute atomic E-state index is 12.8. The first kappa shape index (κ1) is 12.9. The van der Waals surface area contributed by atoms with Gasteiger partial charge in [-0.2, -0.15) is 13.2 Å². The molecule has 0 aromatic carbocycles. The number of alkyl halides is 3. The third-order valence-corrected chi connectivity index (χ3v) is 4.28. The Balaban J connectivity index is 1.84. The minimum absolute atomic E-state index is 0.0348. The smallest absolute Gasteiger partial charge is 0.328 e. The van der Waals surface area contributed by atoms with Gasteiger partial charge < -0.3 is 10.3 Å². The van der Waals surface area contributed by atoms with Gasteiger partial charge >= 0.3 is 6.18 Å². The molecule has 106 valence electrons. The van der Waals surface area contributed by atoms with Crippen molar-refractivity contribution < 1.29 is 13.2 Å². The van der Waals surface area contributed by atoms with Crippen LogP contribution in [0.25, 0.3) is 0 Å². The van der Waals surface area contributed by atoms with Crippen LogP contribution in [0, 0.1) is 5.92 Å². The van der Waals surface area contributed by atoms with Crippen molar-refractivity contribution in [3.8, 4) is 0 Å². The lowest BCUT2D eigenvalue weighted by atomic mass is 9.97. The highest BCUT2D eigenvalue weighted by Gasteiger charge is 2.43. The molecule has 3 rings (SSSR count). The summed E-state index contributed by atoms with van der Waals surface area (Å²) in [6.07, 6.45) is -1.05. The van der Waals surface area contributed by atoms with Crippen molar-refractivity contribution in [2.24, 2.45) is 11.7 Å². The highest BCUT2D eigenvalue weighted by atomic mass is 19.4. The Kier molecular flexibility index (Phi) is 3.03. The Hall–Kier alpha value is -1.11. The first-order chi connectivity index (χ1) is 8.95. The van der Waals surface area contributed by atoms with Crippen LogP contribution in [0.3, 0.4) is 0 Å². The maximum Gasteiger partial charge on any atom is 0.393 e. The number of aromatic nitrogens is 3. The normalized spacial score (nSPS) is 31.5. The number of fused-ring (bicyclic) bond motifs is 1. The predicted molar refractivity (Wildman–Crippen MR) is 62.5 cm³/mol. The summed E-state index contributed by atoms with van der Waals surface area (Å²) < 4.78 is 40.2. The van der Waals surface area contributed by atoms with Crippen LogP contribution < -0.4 is 5.73 Å². The molecule has 1 aromatic heterocycles. The van der Waals surface area contributed by atoms with Gasteiger partial charge in [0.1, 0.15) is 11.6 Å². The number of nitrogens with zero attached hydrogens (tertiary/aromatic N) is 3. The van der Waals surface area contributed by atoms with Crippen molar-refractivity contribution in [2.45, 2.75) is 56.8 Å². The fraction of sp³-hybridized carbons (Fsp3) is 0.833. The minimum Gasteiger partial charge on any atom is -0.328 e. The predicted octanol–water partition coefficient (Wildman–Crippen LogP) is 2.00. The van der Waals surface area contributed by atoms with Gasteiger partial charge in [-0.25, -0.2) is 0 Å². The fourth-order valence-electron chi connectivity index (χ4n) is 3.17. The monoisotopic (exact) mass is 274 g/mol. The van der Waals surface area contributed by atoms with Gasteiger partial charge in [-0.05, 0) is 25.7 Å². The number of hydrogen-bond acceptors (Lipinski definition) is 3. The van der Waals surface area contributed by atoms with Gasteiger partial charge in [0.2, 0.25) is 0 Å². The number of halogens is 3. The number of hydrogen-bond donors (Lipinski definition) is 1. The van der Waals surface area contributed by atoms with E-state index in [0.29, 0.717) is 18.1 Å². The summed E-state index contributed by atoms with van der Waals surface area (Å²) in [6, 6.07) is 0.139. The lowest BCUT2D eigenvalue weighted by Gasteiger charge is -2.27. The van der Waals surface area contributed by atoms with E-state index in [1.165, 1.54) is 0 Å². The number of nitrogens with two attached hydrogens (primary N) is 1. The van der Waals surface area contributed by atoms with Crippen molar-refractivity contribution >= 4 is 0 Å². The zero-order chi connectivity index (χ0) is 13.6. The topological polar surface area (TPSA) is 56.7 Å². The molecule has 2 N–H and O–H groups in total. The van der Waals surface area contributed by atoms with Gasteiger partial charge in [-0.1, -0.05) is 0 Å². The average molecular weight is 274 g/mol. The van der Waals surface area contributed by atoms with Crippen LogP contribution in [-0.4, -0.2) is 27.0 Å². The minimum atomic E-state index is -4.13. The third kappa shape index (κ3) is 2.35. The zero-order valence-corrected chi connectivity index (χ0v) is 10.5. The number of rotatable bonds is 1. The van der Waals surface area contributed by atoms with Gasteiger partial charge in [0.15, 0.2) is 0 Å². The molecule has 1 aromatic rings. The molecule has 3 atom stereocenters. The van der Waals surface area contributed by atoms with E-state index in [1.54, 1.807) is 4.57 Å². The van der Waals surface area contributed by atoms with Gasteiger partial charge in [0, 0.05) is 24.9 Å². The molecule has 2 heterocycles. The van der Waals surface area contributed by atoms with Crippen LogP contribution in [-0.2, 0) is 13.0 Å². The van der Waals surface area contributed by atoms with E-state index in [1.807, 2.05) is 0 Å². The van der Waals surface area contributed by atoms with E-state index in [2.05, 4.69) is 10.2 Å². The summed E-state index contributed by atoms with van der Waals surface area (Å²) in [4.78, 5) is 0. The van der Waals surface area contributed by atoms with E-state index in [0.717, 1.165) is 19.3 Å². The first-order valence-corrected chi connectivity index (χ1v) is 6.69. The summed E-state index contributed by atoms with van der Waals surface area (Å²) >= 11 is 0. The van der Waals surface area contributed by atoms with Crippen LogP contribution in [0.4, 0.5) is 13.2 Å². The van der Waals surface area contributed by atoms with Crippen molar-refractivity contribution in [1.29, 1.82) is 0 Å². The van der Waals surface area contributed by atoms with E-state index >= 15 is 0 Å². The molecule has 1 fully saturated rings. The third-order valence-electron chi connectivity index (χ3n) is 4.28. The molecule has 19 heavy (non-hydrogen) atoms. The molecule has 2 aliphatic rings. The van der Waals surface area contributed by atoms with Crippen molar-refractivity contribution in [3.05, 3.63) is 11.6 Å². The lowest BCUT2D eigenvalue weighted by molar-refractivity contribution is -0.182. The Morgan fingerprint density at radius 3 is 2.58 bits per heavy atom. The second-order valence-corrected chi connectivity index (χ2v) is 5.63. The van der Waals surface area contributed by atoms with Gasteiger partial charge in [-0.3, -0.25) is 0 Å². The first-order valence-electron chi connectivity index (χ1n) is 6.69. The molecule has 7 heteroatoms. The average Bonchev–Trinajstić information content (AvgIpc) is 2.92. The van der Waals surface area contributed by atoms with Crippen molar-refractivity contribution in [1.82, 2.24) is 14.8 Å². The summed E-state index contributed by atoms with van der Waals surface area (Å²) in [5, 5.41) is 8.17. The molecule has 1 aliphatic heterocycles. The lowest BCUT2D eigenvalue weighted by Crippen LogP contribution is -2.33. The van der Waals surface area contributed by atoms with E-state index < -0.39 is 12.1 Å².